The molecule has 0 amide bonds. The van der Waals surface area contributed by atoms with Crippen LogP contribution in [-0.4, -0.2) is 30.7 Å². The van der Waals surface area contributed by atoms with Gasteiger partial charge in [0.25, 0.3) is 0 Å². The van der Waals surface area contributed by atoms with E-state index in [4.69, 9.17) is 0 Å². The lowest BCUT2D eigenvalue weighted by molar-refractivity contribution is 0.367. The quantitative estimate of drug-likeness (QED) is 0.926. The Bertz CT molecular complexity index is 358. The van der Waals surface area contributed by atoms with Crippen LogP contribution in [0.5, 0.6) is 0 Å². The van der Waals surface area contributed by atoms with Crippen molar-refractivity contribution in [3.05, 3.63) is 22.8 Å². The third-order valence-corrected chi connectivity index (χ3v) is 4.01. The van der Waals surface area contributed by atoms with E-state index in [1.54, 1.807) is 0 Å². The SMILES string of the molecule is CC(C)N(CC1CCNCC1)c1ccc(Br)cn1. The van der Waals surface area contributed by atoms with E-state index in [2.05, 4.69) is 57.1 Å². The van der Waals surface area contributed by atoms with Crippen molar-refractivity contribution in [2.45, 2.75) is 32.7 Å². The van der Waals surface area contributed by atoms with Crippen LogP contribution in [0.15, 0.2) is 22.8 Å². The topological polar surface area (TPSA) is 28.2 Å². The second-order valence-corrected chi connectivity index (χ2v) is 6.19. The molecule has 0 saturated carbocycles. The second-order valence-electron chi connectivity index (χ2n) is 5.27. The summed E-state index contributed by atoms with van der Waals surface area (Å²) in [6.45, 7) is 7.91. The van der Waals surface area contributed by atoms with Gasteiger partial charge in [-0.3, -0.25) is 0 Å². The van der Waals surface area contributed by atoms with Gasteiger partial charge < -0.3 is 10.2 Å². The van der Waals surface area contributed by atoms with E-state index in [-0.39, 0.29) is 0 Å². The molecule has 2 rings (SSSR count). The first-order valence-corrected chi connectivity index (χ1v) is 7.55. The molecule has 3 nitrogen and oxygen atoms in total. The lowest BCUT2D eigenvalue weighted by Gasteiger charge is -2.33. The fourth-order valence-corrected chi connectivity index (χ4v) is 2.68. The predicted molar refractivity (Wildman–Crippen MR) is 80.0 cm³/mol. The average Bonchev–Trinajstić information content (AvgIpc) is 2.38. The Hall–Kier alpha value is -0.610. The highest BCUT2D eigenvalue weighted by Crippen LogP contribution is 2.21. The van der Waals surface area contributed by atoms with Gasteiger partial charge in [-0.25, -0.2) is 4.98 Å². The summed E-state index contributed by atoms with van der Waals surface area (Å²) < 4.78 is 1.04. The first kappa shape index (κ1) is 13.8. The first-order chi connectivity index (χ1) is 8.66. The lowest BCUT2D eigenvalue weighted by Crippen LogP contribution is -2.39. The molecule has 1 aliphatic rings. The number of nitrogens with zero attached hydrogens (tertiary/aromatic N) is 2. The minimum atomic E-state index is 0.494. The van der Waals surface area contributed by atoms with Gasteiger partial charge in [0.05, 0.1) is 0 Å². The summed E-state index contributed by atoms with van der Waals surface area (Å²) in [6.07, 6.45) is 4.44. The number of pyridine rings is 1. The maximum Gasteiger partial charge on any atom is 0.128 e. The maximum absolute atomic E-state index is 4.53. The van der Waals surface area contributed by atoms with Crippen LogP contribution < -0.4 is 10.2 Å². The Kier molecular flexibility index (Phi) is 5.01. The highest BCUT2D eigenvalue weighted by atomic mass is 79.9. The second kappa shape index (κ2) is 6.53. The van der Waals surface area contributed by atoms with Gasteiger partial charge in [0.1, 0.15) is 5.82 Å². The molecule has 0 unspecified atom stereocenters. The van der Waals surface area contributed by atoms with Crippen LogP contribution in [0.25, 0.3) is 0 Å². The minimum absolute atomic E-state index is 0.494. The van der Waals surface area contributed by atoms with E-state index in [9.17, 15) is 0 Å². The molecule has 1 N–H and O–H groups in total. The van der Waals surface area contributed by atoms with Crippen molar-refractivity contribution in [3.8, 4) is 0 Å². The van der Waals surface area contributed by atoms with Crippen molar-refractivity contribution < 1.29 is 0 Å². The van der Waals surface area contributed by atoms with Crippen LogP contribution in [0, 0.1) is 5.92 Å². The summed E-state index contributed by atoms with van der Waals surface area (Å²) in [6, 6.07) is 4.67. The summed E-state index contributed by atoms with van der Waals surface area (Å²) in [5, 5.41) is 3.42. The van der Waals surface area contributed by atoms with E-state index in [0.717, 1.165) is 35.8 Å². The third-order valence-electron chi connectivity index (χ3n) is 3.54. The summed E-state index contributed by atoms with van der Waals surface area (Å²) in [5.41, 5.74) is 0. The summed E-state index contributed by atoms with van der Waals surface area (Å²) >= 11 is 3.44. The number of anilines is 1. The minimum Gasteiger partial charge on any atom is -0.354 e. The molecule has 0 aromatic carbocycles. The number of hydrogen-bond donors (Lipinski definition) is 1. The number of rotatable bonds is 4. The Morgan fingerprint density at radius 1 is 1.39 bits per heavy atom. The van der Waals surface area contributed by atoms with E-state index >= 15 is 0 Å². The molecule has 1 aromatic heterocycles. The molecule has 0 atom stereocenters. The zero-order chi connectivity index (χ0) is 13.0. The van der Waals surface area contributed by atoms with Crippen molar-refractivity contribution in [1.82, 2.24) is 10.3 Å². The lowest BCUT2D eigenvalue weighted by atomic mass is 9.97. The van der Waals surface area contributed by atoms with Gasteiger partial charge in [-0.15, -0.1) is 0 Å². The van der Waals surface area contributed by atoms with Crippen molar-refractivity contribution in [3.63, 3.8) is 0 Å². The number of hydrogen-bond acceptors (Lipinski definition) is 3. The third kappa shape index (κ3) is 3.69. The van der Waals surface area contributed by atoms with Gasteiger partial charge in [-0.05, 0) is 73.8 Å². The number of nitrogens with one attached hydrogen (secondary N) is 1. The average molecular weight is 312 g/mol. The molecule has 1 fully saturated rings. The molecule has 4 heteroatoms. The molecule has 2 heterocycles. The van der Waals surface area contributed by atoms with Crippen LogP contribution in [0.2, 0.25) is 0 Å². The maximum atomic E-state index is 4.53. The molecule has 18 heavy (non-hydrogen) atoms. The van der Waals surface area contributed by atoms with Gasteiger partial charge in [-0.1, -0.05) is 0 Å². The van der Waals surface area contributed by atoms with Crippen LogP contribution in [-0.2, 0) is 0 Å². The fourth-order valence-electron chi connectivity index (χ4n) is 2.45. The normalized spacial score (nSPS) is 17.1. The zero-order valence-electron chi connectivity index (χ0n) is 11.2. The zero-order valence-corrected chi connectivity index (χ0v) is 12.8. The highest BCUT2D eigenvalue weighted by molar-refractivity contribution is 9.10. The van der Waals surface area contributed by atoms with E-state index in [0.29, 0.717) is 6.04 Å². The molecule has 1 aliphatic heterocycles. The summed E-state index contributed by atoms with van der Waals surface area (Å²) in [5.74, 6) is 1.88. The molecular weight excluding hydrogens is 290 g/mol. The van der Waals surface area contributed by atoms with Crippen LogP contribution in [0.4, 0.5) is 5.82 Å². The van der Waals surface area contributed by atoms with E-state index in [1.807, 2.05) is 6.20 Å². The fraction of sp³-hybridized carbons (Fsp3) is 0.643. The largest absolute Gasteiger partial charge is 0.354 e. The molecule has 0 spiro atoms. The van der Waals surface area contributed by atoms with E-state index < -0.39 is 0 Å². The molecule has 0 radical (unpaired) electrons. The Morgan fingerprint density at radius 2 is 2.11 bits per heavy atom. The number of piperidine rings is 1. The van der Waals surface area contributed by atoms with Crippen molar-refractivity contribution in [2.24, 2.45) is 5.92 Å². The van der Waals surface area contributed by atoms with E-state index in [1.165, 1.54) is 12.8 Å². The Balaban J connectivity index is 2.05. The predicted octanol–water partition coefficient (Wildman–Crippen LogP) is 3.06. The van der Waals surface area contributed by atoms with Crippen molar-refractivity contribution >= 4 is 21.7 Å². The van der Waals surface area contributed by atoms with Crippen LogP contribution in [0.3, 0.4) is 0 Å². The summed E-state index contributed by atoms with van der Waals surface area (Å²) in [7, 11) is 0. The van der Waals surface area contributed by atoms with Crippen LogP contribution in [0.1, 0.15) is 26.7 Å². The molecule has 1 aromatic rings. The van der Waals surface area contributed by atoms with Gasteiger partial charge >= 0.3 is 0 Å². The molecule has 0 bridgehead atoms. The number of aromatic nitrogens is 1. The van der Waals surface area contributed by atoms with Gasteiger partial charge in [0, 0.05) is 23.3 Å². The van der Waals surface area contributed by atoms with Gasteiger partial charge in [-0.2, -0.15) is 0 Å². The highest BCUT2D eigenvalue weighted by Gasteiger charge is 2.19. The molecule has 1 saturated heterocycles. The molecular formula is C14H22BrN3. The monoisotopic (exact) mass is 311 g/mol. The summed E-state index contributed by atoms with van der Waals surface area (Å²) in [4.78, 5) is 6.95. The van der Waals surface area contributed by atoms with Crippen molar-refractivity contribution in [1.29, 1.82) is 0 Å². The van der Waals surface area contributed by atoms with Crippen molar-refractivity contribution in [2.75, 3.05) is 24.5 Å². The van der Waals surface area contributed by atoms with Gasteiger partial charge in [0.15, 0.2) is 0 Å². The molecule has 0 aliphatic carbocycles. The Labute approximate surface area is 118 Å². The standard InChI is InChI=1S/C14H22BrN3/c1-11(2)18(10-12-5-7-16-8-6-12)14-4-3-13(15)9-17-14/h3-4,9,11-12,16H,5-8,10H2,1-2H3. The number of halogens is 1. The van der Waals surface area contributed by atoms with Crippen LogP contribution >= 0.6 is 15.9 Å². The Morgan fingerprint density at radius 3 is 2.67 bits per heavy atom. The molecule has 100 valence electrons. The first-order valence-electron chi connectivity index (χ1n) is 6.75. The smallest absolute Gasteiger partial charge is 0.128 e. The van der Waals surface area contributed by atoms with Gasteiger partial charge in [0.2, 0.25) is 0 Å².